The van der Waals surface area contributed by atoms with Crippen molar-refractivity contribution >= 4 is 33.3 Å². The van der Waals surface area contributed by atoms with E-state index in [9.17, 15) is 4.79 Å². The molecule has 0 atom stereocenters. The number of piperidine rings is 1. The third-order valence-electron chi connectivity index (χ3n) is 3.42. The van der Waals surface area contributed by atoms with E-state index in [-0.39, 0.29) is 6.03 Å². The summed E-state index contributed by atoms with van der Waals surface area (Å²) in [7, 11) is 1.88. The molecule has 0 aliphatic carbocycles. The number of carbonyl (C=O) groups excluding carboxylic acids is 1. The molecule has 0 unspecified atom stereocenters. The molecule has 3 nitrogen and oxygen atoms in total. The van der Waals surface area contributed by atoms with Gasteiger partial charge in [0.15, 0.2) is 0 Å². The van der Waals surface area contributed by atoms with Gasteiger partial charge in [0.2, 0.25) is 0 Å². The zero-order valence-corrected chi connectivity index (χ0v) is 13.3. The monoisotopic (exact) mass is 330 g/mol. The summed E-state index contributed by atoms with van der Waals surface area (Å²) in [6.07, 6.45) is 2.26. The maximum atomic E-state index is 12.3. The molecule has 2 heterocycles. The van der Waals surface area contributed by atoms with Crippen LogP contribution in [0.1, 0.15) is 25.3 Å². The molecule has 5 heteroatoms. The number of hydrogen-bond donors (Lipinski definition) is 0. The van der Waals surface area contributed by atoms with Crippen LogP contribution in [0.5, 0.6) is 0 Å². The highest BCUT2D eigenvalue weighted by atomic mass is 79.9. The molecule has 0 bridgehead atoms. The lowest BCUT2D eigenvalue weighted by Gasteiger charge is -2.33. The Morgan fingerprint density at radius 2 is 2.22 bits per heavy atom. The van der Waals surface area contributed by atoms with Gasteiger partial charge < -0.3 is 9.80 Å². The lowest BCUT2D eigenvalue weighted by molar-refractivity contribution is 0.141. The van der Waals surface area contributed by atoms with E-state index >= 15 is 0 Å². The first-order chi connectivity index (χ1) is 8.56. The SMILES string of the molecule is CC1CCN(C(=O)N(C)Cc2csc(Br)c2)CC1. The van der Waals surface area contributed by atoms with Crippen LogP contribution in [0.3, 0.4) is 0 Å². The molecule has 1 saturated heterocycles. The van der Waals surface area contributed by atoms with Crippen LogP contribution < -0.4 is 0 Å². The highest BCUT2D eigenvalue weighted by Gasteiger charge is 2.22. The summed E-state index contributed by atoms with van der Waals surface area (Å²) in [4.78, 5) is 16.0. The fraction of sp³-hybridized carbons (Fsp3) is 0.615. The molecular formula is C13H19BrN2OS. The van der Waals surface area contributed by atoms with Gasteiger partial charge in [0.05, 0.1) is 3.79 Å². The maximum Gasteiger partial charge on any atom is 0.320 e. The molecule has 1 aromatic heterocycles. The Morgan fingerprint density at radius 1 is 1.56 bits per heavy atom. The van der Waals surface area contributed by atoms with Crippen molar-refractivity contribution in [1.82, 2.24) is 9.80 Å². The summed E-state index contributed by atoms with van der Waals surface area (Å²) in [5, 5.41) is 2.09. The minimum Gasteiger partial charge on any atom is -0.325 e. The van der Waals surface area contributed by atoms with Crippen LogP contribution in [0.4, 0.5) is 4.79 Å². The average Bonchev–Trinajstić information content (AvgIpc) is 2.75. The van der Waals surface area contributed by atoms with Crippen molar-refractivity contribution in [3.8, 4) is 0 Å². The smallest absolute Gasteiger partial charge is 0.320 e. The first-order valence-electron chi connectivity index (χ1n) is 6.29. The second kappa shape index (κ2) is 6.06. The number of likely N-dealkylation sites (tertiary alicyclic amines) is 1. The zero-order valence-electron chi connectivity index (χ0n) is 10.9. The number of rotatable bonds is 2. The molecule has 2 rings (SSSR count). The van der Waals surface area contributed by atoms with Crippen LogP contribution in [0, 0.1) is 5.92 Å². The van der Waals surface area contributed by atoms with Crippen LogP contribution in [0.25, 0.3) is 0 Å². The number of halogens is 1. The number of amides is 2. The molecule has 0 N–H and O–H groups in total. The van der Waals surface area contributed by atoms with Gasteiger partial charge in [0.1, 0.15) is 0 Å². The van der Waals surface area contributed by atoms with Gasteiger partial charge in [-0.25, -0.2) is 4.79 Å². The molecule has 0 aromatic carbocycles. The normalized spacial score (nSPS) is 16.9. The van der Waals surface area contributed by atoms with Crippen LogP contribution in [-0.4, -0.2) is 36.0 Å². The van der Waals surface area contributed by atoms with Gasteiger partial charge in [-0.2, -0.15) is 0 Å². The van der Waals surface area contributed by atoms with E-state index in [1.54, 1.807) is 11.3 Å². The second-order valence-electron chi connectivity index (χ2n) is 5.07. The van der Waals surface area contributed by atoms with Crippen LogP contribution >= 0.6 is 27.3 Å². The van der Waals surface area contributed by atoms with E-state index in [1.807, 2.05) is 16.8 Å². The van der Waals surface area contributed by atoms with Crippen molar-refractivity contribution in [3.63, 3.8) is 0 Å². The lowest BCUT2D eigenvalue weighted by Crippen LogP contribution is -2.44. The minimum absolute atomic E-state index is 0.157. The van der Waals surface area contributed by atoms with Gasteiger partial charge in [-0.05, 0) is 51.7 Å². The molecule has 1 aromatic rings. The minimum atomic E-state index is 0.157. The molecule has 18 heavy (non-hydrogen) atoms. The van der Waals surface area contributed by atoms with Crippen molar-refractivity contribution in [1.29, 1.82) is 0 Å². The summed E-state index contributed by atoms with van der Waals surface area (Å²) in [6.45, 7) is 4.75. The molecule has 1 aliphatic rings. The molecule has 1 fully saturated rings. The number of hydrogen-bond acceptors (Lipinski definition) is 2. The molecule has 1 aliphatic heterocycles. The third kappa shape index (κ3) is 3.48. The van der Waals surface area contributed by atoms with E-state index < -0.39 is 0 Å². The predicted octanol–water partition coefficient (Wildman–Crippen LogP) is 3.79. The summed E-state index contributed by atoms with van der Waals surface area (Å²) in [5.74, 6) is 0.757. The Labute approximate surface area is 121 Å². The Balaban J connectivity index is 1.88. The molecule has 0 spiro atoms. The van der Waals surface area contributed by atoms with Gasteiger partial charge in [0.25, 0.3) is 0 Å². The highest BCUT2D eigenvalue weighted by Crippen LogP contribution is 2.22. The topological polar surface area (TPSA) is 23.6 Å². The number of carbonyl (C=O) groups is 1. The largest absolute Gasteiger partial charge is 0.325 e. The van der Waals surface area contributed by atoms with Gasteiger partial charge in [0, 0.05) is 26.7 Å². The van der Waals surface area contributed by atoms with Gasteiger partial charge >= 0.3 is 6.03 Å². The van der Waals surface area contributed by atoms with E-state index in [1.165, 1.54) is 5.56 Å². The molecule has 100 valence electrons. The van der Waals surface area contributed by atoms with E-state index in [0.717, 1.165) is 35.6 Å². The Morgan fingerprint density at radius 3 is 2.78 bits per heavy atom. The third-order valence-corrected chi connectivity index (χ3v) is 4.98. The van der Waals surface area contributed by atoms with Gasteiger partial charge in [-0.15, -0.1) is 11.3 Å². The fourth-order valence-electron chi connectivity index (χ4n) is 2.21. The van der Waals surface area contributed by atoms with Crippen molar-refractivity contribution < 1.29 is 4.79 Å². The molecule has 0 radical (unpaired) electrons. The summed E-state index contributed by atoms with van der Waals surface area (Å²) in [6, 6.07) is 2.23. The van der Waals surface area contributed by atoms with Crippen molar-refractivity contribution in [2.75, 3.05) is 20.1 Å². The number of nitrogens with zero attached hydrogens (tertiary/aromatic N) is 2. The predicted molar refractivity (Wildman–Crippen MR) is 78.9 cm³/mol. The standard InChI is InChI=1S/C13H19BrN2OS/c1-10-3-5-16(6-4-10)13(17)15(2)8-11-7-12(14)18-9-11/h7,9-10H,3-6,8H2,1-2H3. The highest BCUT2D eigenvalue weighted by molar-refractivity contribution is 9.11. The molecule has 0 saturated carbocycles. The van der Waals surface area contributed by atoms with Crippen molar-refractivity contribution in [3.05, 3.63) is 20.8 Å². The van der Waals surface area contributed by atoms with Crippen molar-refractivity contribution in [2.45, 2.75) is 26.3 Å². The second-order valence-corrected chi connectivity index (χ2v) is 7.36. The summed E-state index contributed by atoms with van der Waals surface area (Å²) < 4.78 is 1.12. The maximum absolute atomic E-state index is 12.3. The summed E-state index contributed by atoms with van der Waals surface area (Å²) in [5.41, 5.74) is 1.19. The van der Waals surface area contributed by atoms with Crippen LogP contribution in [-0.2, 0) is 6.54 Å². The average molecular weight is 331 g/mol. The van der Waals surface area contributed by atoms with Gasteiger partial charge in [-0.1, -0.05) is 6.92 Å². The Kier molecular flexibility index (Phi) is 4.67. The van der Waals surface area contributed by atoms with Crippen LogP contribution in [0.2, 0.25) is 0 Å². The lowest BCUT2D eigenvalue weighted by atomic mass is 10.00. The first-order valence-corrected chi connectivity index (χ1v) is 7.96. The summed E-state index contributed by atoms with van der Waals surface area (Å²) >= 11 is 5.11. The van der Waals surface area contributed by atoms with E-state index in [2.05, 4.69) is 34.3 Å². The van der Waals surface area contributed by atoms with E-state index in [4.69, 9.17) is 0 Å². The quantitative estimate of drug-likeness (QED) is 0.809. The molecule has 2 amide bonds. The molecular weight excluding hydrogens is 312 g/mol. The first kappa shape index (κ1) is 13.9. The van der Waals surface area contributed by atoms with Crippen LogP contribution in [0.15, 0.2) is 15.2 Å². The van der Waals surface area contributed by atoms with Gasteiger partial charge in [-0.3, -0.25) is 0 Å². The number of thiophene rings is 1. The van der Waals surface area contributed by atoms with E-state index in [0.29, 0.717) is 6.54 Å². The van der Waals surface area contributed by atoms with Crippen molar-refractivity contribution in [2.24, 2.45) is 5.92 Å². The Bertz CT molecular complexity index is 413. The zero-order chi connectivity index (χ0) is 13.1. The Hall–Kier alpha value is -0.550. The fourth-order valence-corrected chi connectivity index (χ4v) is 3.41. The number of urea groups is 1.